The molecule has 6 nitrogen and oxygen atoms in total. The van der Waals surface area contributed by atoms with E-state index in [-0.39, 0.29) is 23.7 Å². The van der Waals surface area contributed by atoms with Gasteiger partial charge in [-0.1, -0.05) is 37.3 Å². The van der Waals surface area contributed by atoms with Crippen molar-refractivity contribution in [3.63, 3.8) is 0 Å². The topological polar surface area (TPSA) is 79.2 Å². The van der Waals surface area contributed by atoms with Gasteiger partial charge in [0.25, 0.3) is 5.69 Å². The molecular weight excluding hydrogens is 270 g/mol. The highest BCUT2D eigenvalue weighted by Crippen LogP contribution is 2.13. The molecule has 21 heavy (non-hydrogen) atoms. The maximum absolute atomic E-state index is 12.1. The Morgan fingerprint density at radius 1 is 1.33 bits per heavy atom. The Hall–Kier alpha value is -2.47. The number of nitrogens with zero attached hydrogens (tertiary/aromatic N) is 2. The molecule has 1 heterocycles. The second kappa shape index (κ2) is 6.81. The number of Topliss-reactive ketones (excluding diaryl/α,β-unsaturated/α-hetero) is 1. The van der Waals surface area contributed by atoms with Gasteiger partial charge in [-0.3, -0.25) is 19.8 Å². The Morgan fingerprint density at radius 2 is 2.05 bits per heavy atom. The van der Waals surface area contributed by atoms with Gasteiger partial charge >= 0.3 is 0 Å². The Labute approximate surface area is 122 Å². The molecule has 0 atom stereocenters. The van der Waals surface area contributed by atoms with Gasteiger partial charge in [0.05, 0.1) is 23.4 Å². The lowest BCUT2D eigenvalue weighted by Crippen LogP contribution is -2.29. The van der Waals surface area contributed by atoms with E-state index >= 15 is 0 Å². The summed E-state index contributed by atoms with van der Waals surface area (Å²) < 4.78 is 0. The summed E-state index contributed by atoms with van der Waals surface area (Å²) in [5.74, 6) is -0.152. The van der Waals surface area contributed by atoms with Crippen LogP contribution in [0.15, 0.2) is 42.6 Å². The molecule has 0 saturated carbocycles. The molecule has 6 heteroatoms. The summed E-state index contributed by atoms with van der Waals surface area (Å²) in [5, 5.41) is 10.6. The second-order valence-electron chi connectivity index (χ2n) is 4.74. The average Bonchev–Trinajstić information content (AvgIpc) is 2.97. The van der Waals surface area contributed by atoms with E-state index in [1.807, 2.05) is 42.2 Å². The maximum Gasteiger partial charge on any atom is 0.287 e. The molecule has 0 amide bonds. The Morgan fingerprint density at radius 3 is 2.62 bits per heavy atom. The van der Waals surface area contributed by atoms with Crippen LogP contribution in [0.4, 0.5) is 5.69 Å². The van der Waals surface area contributed by atoms with Crippen LogP contribution in [0.5, 0.6) is 0 Å². The monoisotopic (exact) mass is 287 g/mol. The standard InChI is InChI=1S/C15H17N3O3/c1-2-17(10-12-6-4-3-5-7-12)11-15(19)14-8-13(9-16-14)18(20)21/h3-9,16H,2,10-11H2,1H3. The first-order valence-electron chi connectivity index (χ1n) is 6.72. The summed E-state index contributed by atoms with van der Waals surface area (Å²) in [4.78, 5) is 26.9. The van der Waals surface area contributed by atoms with Gasteiger partial charge in [-0.15, -0.1) is 0 Å². The molecule has 0 unspecified atom stereocenters. The van der Waals surface area contributed by atoms with Gasteiger partial charge in [0, 0.05) is 12.6 Å². The molecule has 0 radical (unpaired) electrons. The molecule has 1 aromatic carbocycles. The van der Waals surface area contributed by atoms with Crippen LogP contribution in [0.1, 0.15) is 23.0 Å². The van der Waals surface area contributed by atoms with Crippen molar-refractivity contribution >= 4 is 11.5 Å². The lowest BCUT2D eigenvalue weighted by Gasteiger charge is -2.19. The van der Waals surface area contributed by atoms with Crippen LogP contribution in [0.3, 0.4) is 0 Å². The first-order chi connectivity index (χ1) is 10.1. The molecule has 2 aromatic rings. The minimum absolute atomic E-state index is 0.0931. The second-order valence-corrected chi connectivity index (χ2v) is 4.74. The van der Waals surface area contributed by atoms with Gasteiger partial charge in [-0.05, 0) is 12.1 Å². The number of benzene rings is 1. The lowest BCUT2D eigenvalue weighted by atomic mass is 10.2. The number of likely N-dealkylation sites (N-methyl/N-ethyl adjacent to an activating group) is 1. The smallest absolute Gasteiger partial charge is 0.287 e. The molecule has 1 N–H and O–H groups in total. The number of aromatic nitrogens is 1. The van der Waals surface area contributed by atoms with Crippen LogP contribution in [0, 0.1) is 10.1 Å². The van der Waals surface area contributed by atoms with E-state index < -0.39 is 4.92 Å². The average molecular weight is 287 g/mol. The molecule has 1 aromatic heterocycles. The molecule has 2 rings (SSSR count). The molecule has 0 aliphatic heterocycles. The van der Waals surface area contributed by atoms with Crippen LogP contribution in [-0.4, -0.2) is 33.7 Å². The number of carbonyl (C=O) groups is 1. The van der Waals surface area contributed by atoms with Crippen LogP contribution in [0.2, 0.25) is 0 Å². The maximum atomic E-state index is 12.1. The van der Waals surface area contributed by atoms with Crippen molar-refractivity contribution in [2.75, 3.05) is 13.1 Å². The Kier molecular flexibility index (Phi) is 4.84. The van der Waals surface area contributed by atoms with Crippen LogP contribution >= 0.6 is 0 Å². The van der Waals surface area contributed by atoms with Crippen molar-refractivity contribution in [2.45, 2.75) is 13.5 Å². The summed E-state index contributed by atoms with van der Waals surface area (Å²) in [6, 6.07) is 11.2. The Bertz CT molecular complexity index is 622. The van der Waals surface area contributed by atoms with Crippen molar-refractivity contribution in [1.29, 1.82) is 0 Å². The van der Waals surface area contributed by atoms with E-state index in [0.29, 0.717) is 6.54 Å². The highest BCUT2D eigenvalue weighted by Gasteiger charge is 2.16. The number of rotatable bonds is 7. The fraction of sp³-hybridized carbons (Fsp3) is 0.267. The number of nitrogens with one attached hydrogen (secondary N) is 1. The van der Waals surface area contributed by atoms with E-state index in [4.69, 9.17) is 0 Å². The molecular formula is C15H17N3O3. The number of carbonyl (C=O) groups excluding carboxylic acids is 1. The minimum atomic E-state index is -0.519. The molecule has 0 fully saturated rings. The van der Waals surface area contributed by atoms with Gasteiger partial charge in [-0.25, -0.2) is 0 Å². The molecule has 0 aliphatic carbocycles. The molecule has 0 saturated heterocycles. The van der Waals surface area contributed by atoms with Crippen molar-refractivity contribution in [3.05, 3.63) is 64.0 Å². The number of hydrogen-bond donors (Lipinski definition) is 1. The number of nitro groups is 1. The summed E-state index contributed by atoms with van der Waals surface area (Å²) in [6.45, 7) is 3.60. The van der Waals surface area contributed by atoms with Crippen molar-refractivity contribution < 1.29 is 9.72 Å². The first-order valence-corrected chi connectivity index (χ1v) is 6.72. The first kappa shape index (κ1) is 14.9. The third-order valence-electron chi connectivity index (χ3n) is 3.24. The highest BCUT2D eigenvalue weighted by molar-refractivity contribution is 5.96. The van der Waals surface area contributed by atoms with Crippen molar-refractivity contribution in [1.82, 2.24) is 9.88 Å². The van der Waals surface area contributed by atoms with E-state index in [2.05, 4.69) is 4.98 Å². The van der Waals surface area contributed by atoms with E-state index in [1.54, 1.807) is 0 Å². The Balaban J connectivity index is 2.00. The van der Waals surface area contributed by atoms with Gasteiger partial charge < -0.3 is 4.98 Å². The summed E-state index contributed by atoms with van der Waals surface area (Å²) >= 11 is 0. The number of hydrogen-bond acceptors (Lipinski definition) is 4. The van der Waals surface area contributed by atoms with Crippen molar-refractivity contribution in [2.24, 2.45) is 0 Å². The van der Waals surface area contributed by atoms with Gasteiger partial charge in [-0.2, -0.15) is 0 Å². The van der Waals surface area contributed by atoms with E-state index in [1.165, 1.54) is 12.3 Å². The molecule has 110 valence electrons. The summed E-state index contributed by atoms with van der Waals surface area (Å²) in [7, 11) is 0. The zero-order chi connectivity index (χ0) is 15.2. The third-order valence-corrected chi connectivity index (χ3v) is 3.24. The van der Waals surface area contributed by atoms with Gasteiger partial charge in [0.2, 0.25) is 0 Å². The zero-order valence-electron chi connectivity index (χ0n) is 11.8. The largest absolute Gasteiger partial charge is 0.353 e. The van der Waals surface area contributed by atoms with Gasteiger partial charge in [0.1, 0.15) is 0 Å². The van der Waals surface area contributed by atoms with E-state index in [9.17, 15) is 14.9 Å². The minimum Gasteiger partial charge on any atom is -0.353 e. The fourth-order valence-corrected chi connectivity index (χ4v) is 2.06. The normalized spacial score (nSPS) is 10.8. The number of H-pyrrole nitrogens is 1. The number of ketones is 1. The zero-order valence-corrected chi connectivity index (χ0v) is 11.8. The molecule has 0 spiro atoms. The van der Waals surface area contributed by atoms with Crippen molar-refractivity contribution in [3.8, 4) is 0 Å². The third kappa shape index (κ3) is 4.00. The van der Waals surface area contributed by atoms with Crippen LogP contribution in [0.25, 0.3) is 0 Å². The molecule has 0 bridgehead atoms. The summed E-state index contributed by atoms with van der Waals surface area (Å²) in [5.41, 5.74) is 1.31. The van der Waals surface area contributed by atoms with Crippen LogP contribution < -0.4 is 0 Å². The lowest BCUT2D eigenvalue weighted by molar-refractivity contribution is -0.384. The molecule has 0 aliphatic rings. The SMILES string of the molecule is CCN(CC(=O)c1cc([N+](=O)[O-])c[nH]1)Cc1ccccc1. The summed E-state index contributed by atoms with van der Waals surface area (Å²) in [6.07, 6.45) is 1.24. The van der Waals surface area contributed by atoms with Gasteiger partial charge in [0.15, 0.2) is 5.78 Å². The predicted molar refractivity (Wildman–Crippen MR) is 79.2 cm³/mol. The predicted octanol–water partition coefficient (Wildman–Crippen LogP) is 2.63. The number of aromatic amines is 1. The quantitative estimate of drug-likeness (QED) is 0.482. The highest BCUT2D eigenvalue weighted by atomic mass is 16.6. The van der Waals surface area contributed by atoms with E-state index in [0.717, 1.165) is 12.1 Å². The fourth-order valence-electron chi connectivity index (χ4n) is 2.06. The van der Waals surface area contributed by atoms with Crippen LogP contribution in [-0.2, 0) is 6.54 Å².